The summed E-state index contributed by atoms with van der Waals surface area (Å²) in [5, 5.41) is 5.39. The molecule has 0 fully saturated rings. The molecule has 2 aliphatic rings. The van der Waals surface area contributed by atoms with Crippen molar-refractivity contribution in [3.63, 3.8) is 0 Å². The largest absolute Gasteiger partial charge is 0.449 e. The maximum atomic E-state index is 14.2. The number of Topliss-reactive ketones (excluding diaryl/α,β-unsaturated/α-hetero) is 1. The van der Waals surface area contributed by atoms with Crippen LogP contribution in [-0.2, 0) is 41.7 Å². The van der Waals surface area contributed by atoms with Crippen LogP contribution in [0, 0.1) is 17.8 Å². The summed E-state index contributed by atoms with van der Waals surface area (Å²) in [6.45, 7) is 12.1. The van der Waals surface area contributed by atoms with Crippen molar-refractivity contribution < 1.29 is 38.2 Å². The van der Waals surface area contributed by atoms with Gasteiger partial charge in [0.2, 0.25) is 11.6 Å². The highest BCUT2D eigenvalue weighted by molar-refractivity contribution is 6.24. The zero-order valence-corrected chi connectivity index (χ0v) is 36.1. The summed E-state index contributed by atoms with van der Waals surface area (Å²) < 4.78 is 16.9. The lowest BCUT2D eigenvalue weighted by Crippen LogP contribution is -2.37. The van der Waals surface area contributed by atoms with Crippen LogP contribution in [0.15, 0.2) is 113 Å². The number of methoxy groups -OCH3 is 2. The second kappa shape index (κ2) is 23.4. The van der Waals surface area contributed by atoms with Crippen LogP contribution in [0.5, 0.6) is 0 Å². The predicted octanol–water partition coefficient (Wildman–Crippen LogP) is 7.27. The number of fused-ring (bicyclic) bond motifs is 2. The van der Waals surface area contributed by atoms with Crippen LogP contribution >= 0.6 is 0 Å². The number of nitrogens with one attached hydrogen (secondary N) is 2. The number of allylic oxidation sites excluding steroid dienone is 5. The molecule has 0 saturated heterocycles. The van der Waals surface area contributed by atoms with Gasteiger partial charge in [-0.2, -0.15) is 0 Å². The van der Waals surface area contributed by atoms with Crippen LogP contribution < -0.4 is 16.4 Å². The number of rotatable bonds is 13. The van der Waals surface area contributed by atoms with E-state index in [2.05, 4.69) is 47.6 Å². The number of nitrogens with zero attached hydrogens (tertiary/aromatic N) is 1. The Morgan fingerprint density at radius 1 is 0.933 bits per heavy atom. The first-order valence-corrected chi connectivity index (χ1v) is 20.8. The van der Waals surface area contributed by atoms with Gasteiger partial charge in [0.05, 0.1) is 23.6 Å². The van der Waals surface area contributed by atoms with Crippen molar-refractivity contribution in [1.29, 1.82) is 0 Å². The molecule has 0 spiro atoms. The normalized spacial score (nSPS) is 24.4. The molecule has 4 N–H and O–H groups in total. The number of ether oxygens (including phenoxy) is 3. The first-order valence-electron chi connectivity index (χ1n) is 20.8. The Morgan fingerprint density at radius 3 is 2.25 bits per heavy atom. The van der Waals surface area contributed by atoms with Gasteiger partial charge in [0.15, 0.2) is 0 Å². The molecule has 1 heterocycles. The number of benzene rings is 2. The maximum absolute atomic E-state index is 14.2. The van der Waals surface area contributed by atoms with Gasteiger partial charge in [-0.3, -0.25) is 24.1 Å². The lowest BCUT2D eigenvalue weighted by molar-refractivity contribution is -0.120. The summed E-state index contributed by atoms with van der Waals surface area (Å²) in [4.78, 5) is 69.1. The van der Waals surface area contributed by atoms with Crippen LogP contribution in [0.25, 0.3) is 0 Å². The topological polar surface area (TPSA) is 166 Å². The Hall–Kier alpha value is -5.43. The van der Waals surface area contributed by atoms with E-state index in [1.807, 2.05) is 44.2 Å². The summed E-state index contributed by atoms with van der Waals surface area (Å²) in [6.07, 6.45) is 9.90. The molecule has 12 heteroatoms. The third kappa shape index (κ3) is 14.1. The van der Waals surface area contributed by atoms with Crippen LogP contribution in [0.2, 0.25) is 0 Å². The number of primary amides is 1. The first kappa shape index (κ1) is 47.3. The third-order valence-corrected chi connectivity index (χ3v) is 10.9. The molecule has 60 heavy (non-hydrogen) atoms. The fourth-order valence-electron chi connectivity index (χ4n) is 7.63. The van der Waals surface area contributed by atoms with Crippen molar-refractivity contribution in [1.82, 2.24) is 15.5 Å². The molecule has 2 bridgehead atoms. The van der Waals surface area contributed by atoms with Gasteiger partial charge in [-0.25, -0.2) is 4.79 Å². The van der Waals surface area contributed by atoms with E-state index in [0.717, 1.165) is 43.1 Å². The molecule has 1 aliphatic carbocycles. The summed E-state index contributed by atoms with van der Waals surface area (Å²) in [5.74, 6) is -2.77. The third-order valence-electron chi connectivity index (χ3n) is 10.9. The number of amides is 3. The first-order chi connectivity index (χ1) is 28.7. The van der Waals surface area contributed by atoms with E-state index in [9.17, 15) is 24.0 Å². The molecule has 4 rings (SSSR count). The van der Waals surface area contributed by atoms with E-state index in [1.54, 1.807) is 44.4 Å². The predicted molar refractivity (Wildman–Crippen MR) is 232 cm³/mol. The van der Waals surface area contributed by atoms with Gasteiger partial charge in [-0.05, 0) is 81.2 Å². The molecule has 0 radical (unpaired) electrons. The fraction of sp³-hybridized carbons (Fsp3) is 0.438. The zero-order valence-electron chi connectivity index (χ0n) is 36.1. The molecule has 12 nitrogen and oxygen atoms in total. The van der Waals surface area contributed by atoms with Crippen molar-refractivity contribution in [2.24, 2.45) is 23.5 Å². The van der Waals surface area contributed by atoms with E-state index in [4.69, 9.17) is 19.9 Å². The van der Waals surface area contributed by atoms with Gasteiger partial charge in [0.25, 0.3) is 11.8 Å². The molecule has 5 atom stereocenters. The molecular weight excluding hydrogens is 761 g/mol. The number of carbonyl (C=O) groups excluding carboxylic acids is 5. The standard InChI is InChI=1S/C48H62N4O8/c1-8-9-22-52(28-35-15-11-10-12-16-35)29-36-18-20-37(21-19-36)47(56)51-44-39-26-32(3)25-38(58-6)24-31(2)23-34(5)40(30-60-48(49)57)43(59-7)17-13-14-33(4)46(55)50-41(45(39)54)27-42(44)53/h10-21,23,27,31-32,38,40,43H,8-9,22,24-26,28-30H2,1-7H3,(H2,49,57)(H,50,55)(H,51,56)/b17-13-,33-14+,34-23+/t31-,32-,38+,40-,43-/m0/s1. The van der Waals surface area contributed by atoms with Gasteiger partial charge in [-0.15, -0.1) is 0 Å². The van der Waals surface area contributed by atoms with Crippen LogP contribution in [0.4, 0.5) is 4.79 Å². The summed E-state index contributed by atoms with van der Waals surface area (Å²) in [5.41, 5.74) is 8.93. The number of hydrogen-bond acceptors (Lipinski definition) is 9. The molecular formula is C48H62N4O8. The van der Waals surface area contributed by atoms with Crippen molar-refractivity contribution in [2.45, 2.75) is 92.0 Å². The van der Waals surface area contributed by atoms with Gasteiger partial charge in [0.1, 0.15) is 6.61 Å². The highest BCUT2D eigenvalue weighted by Gasteiger charge is 2.33. The smallest absolute Gasteiger partial charge is 0.404 e. The van der Waals surface area contributed by atoms with Crippen molar-refractivity contribution in [2.75, 3.05) is 27.4 Å². The monoisotopic (exact) mass is 822 g/mol. The minimum atomic E-state index is -0.898. The number of ketones is 2. The van der Waals surface area contributed by atoms with Gasteiger partial charge < -0.3 is 30.6 Å². The minimum absolute atomic E-state index is 0.0161. The zero-order chi connectivity index (χ0) is 43.8. The second-order valence-corrected chi connectivity index (χ2v) is 16.0. The number of hydrogen-bond donors (Lipinski definition) is 3. The SMILES string of the molecule is CCCCN(Cc1ccccc1)Cc1ccc(C(=O)NC2=C3C[C@@H](C)C[C@H](OC)C[C@@H](C)/C=C(\C)[C@H](COC(N)=O)[C@@H](OC)/C=C\C=C(/C)C(=O)NC(=CC2=O)C3=O)cc1. The average molecular weight is 823 g/mol. The quantitative estimate of drug-likeness (QED) is 0.139. The minimum Gasteiger partial charge on any atom is -0.449 e. The van der Waals surface area contributed by atoms with E-state index < -0.39 is 35.6 Å². The molecule has 2 aromatic carbocycles. The van der Waals surface area contributed by atoms with E-state index >= 15 is 0 Å². The van der Waals surface area contributed by atoms with Crippen LogP contribution in [0.3, 0.4) is 0 Å². The Bertz CT molecular complexity index is 1980. The Morgan fingerprint density at radius 2 is 1.62 bits per heavy atom. The molecule has 322 valence electrons. The fourth-order valence-corrected chi connectivity index (χ4v) is 7.63. The van der Waals surface area contributed by atoms with E-state index in [-0.39, 0.29) is 59.4 Å². The highest BCUT2D eigenvalue weighted by Crippen LogP contribution is 2.29. The highest BCUT2D eigenvalue weighted by atomic mass is 16.5. The summed E-state index contributed by atoms with van der Waals surface area (Å²) in [6, 6.07) is 17.6. The molecule has 0 aromatic heterocycles. The summed E-state index contributed by atoms with van der Waals surface area (Å²) >= 11 is 0. The van der Waals surface area contributed by atoms with Crippen molar-refractivity contribution >= 4 is 29.5 Å². The molecule has 0 saturated carbocycles. The molecule has 3 amide bonds. The Balaban J connectivity index is 1.62. The van der Waals surface area contributed by atoms with Gasteiger partial charge in [-0.1, -0.05) is 99.5 Å². The van der Waals surface area contributed by atoms with Crippen molar-refractivity contribution in [3.05, 3.63) is 130 Å². The second-order valence-electron chi connectivity index (χ2n) is 16.0. The number of carbonyl (C=O) groups is 5. The Kier molecular flexibility index (Phi) is 18.4. The van der Waals surface area contributed by atoms with E-state index in [0.29, 0.717) is 24.9 Å². The number of unbranched alkanes of at least 4 members (excludes halogenated alkanes) is 1. The van der Waals surface area contributed by atoms with Crippen LogP contribution in [-0.4, -0.2) is 74.0 Å². The van der Waals surface area contributed by atoms with Crippen LogP contribution in [0.1, 0.15) is 88.2 Å². The summed E-state index contributed by atoms with van der Waals surface area (Å²) in [7, 11) is 3.17. The van der Waals surface area contributed by atoms with Gasteiger partial charge in [0, 0.05) is 56.0 Å². The lowest BCUT2D eigenvalue weighted by Gasteiger charge is -2.27. The van der Waals surface area contributed by atoms with E-state index in [1.165, 1.54) is 12.7 Å². The Labute approximate surface area is 355 Å². The molecule has 2 aromatic rings. The van der Waals surface area contributed by atoms with Crippen molar-refractivity contribution in [3.8, 4) is 0 Å². The average Bonchev–Trinajstić information content (AvgIpc) is 3.22. The maximum Gasteiger partial charge on any atom is 0.404 e. The number of nitrogens with two attached hydrogens (primary N) is 1. The molecule has 0 unspecified atom stereocenters. The lowest BCUT2D eigenvalue weighted by atomic mass is 9.85. The molecule has 1 aliphatic heterocycles. The van der Waals surface area contributed by atoms with Gasteiger partial charge >= 0.3 is 6.09 Å².